The van der Waals surface area contributed by atoms with Gasteiger partial charge in [-0.1, -0.05) is 0 Å². The van der Waals surface area contributed by atoms with Gasteiger partial charge in [0.15, 0.2) is 0 Å². The lowest BCUT2D eigenvalue weighted by Crippen LogP contribution is -2.48. The molecule has 0 fully saturated rings. The van der Waals surface area contributed by atoms with E-state index in [0.717, 1.165) is 0 Å². The highest BCUT2D eigenvalue weighted by Gasteiger charge is 2.14. The Bertz CT molecular complexity index is 115. The third-order valence-electron chi connectivity index (χ3n) is 0.948. The Balaban J connectivity index is 3.72. The average Bonchev–Trinajstić information content (AvgIpc) is 1.81. The van der Waals surface area contributed by atoms with Gasteiger partial charge in [-0.3, -0.25) is 4.79 Å². The molecule has 4 N–H and O–H groups in total. The molecule has 0 saturated carbocycles. The summed E-state index contributed by atoms with van der Waals surface area (Å²) in [5.41, 5.74) is 7.79. The lowest BCUT2D eigenvalue weighted by atomic mass is 10.3. The topological polar surface area (TPSA) is 78.6 Å². The molecule has 0 amide bonds. The van der Waals surface area contributed by atoms with Gasteiger partial charge in [-0.05, 0) is 0 Å². The number of nitrogens with zero attached hydrogens (tertiary/aromatic N) is 1. The molecule has 5 heteroatoms. The zero-order chi connectivity index (χ0) is 8.15. The molecule has 0 bridgehead atoms. The third kappa shape index (κ3) is 3.39. The van der Waals surface area contributed by atoms with E-state index >= 15 is 0 Å². The summed E-state index contributed by atoms with van der Waals surface area (Å²) in [4.78, 5) is 10.3. The fourth-order valence-corrected chi connectivity index (χ4v) is 0.520. The van der Waals surface area contributed by atoms with Crippen molar-refractivity contribution in [2.24, 2.45) is 5.73 Å². The van der Waals surface area contributed by atoms with E-state index in [4.69, 9.17) is 10.8 Å². The zero-order valence-electron chi connectivity index (χ0n) is 6.16. The fraction of sp³-hybridized carbons (Fsp3) is 0.800. The van der Waals surface area contributed by atoms with Gasteiger partial charge < -0.3 is 10.8 Å². The second kappa shape index (κ2) is 4.21. The Morgan fingerprint density at radius 1 is 1.80 bits per heavy atom. The van der Waals surface area contributed by atoms with E-state index < -0.39 is 12.0 Å². The molecule has 0 aromatic carbocycles. The summed E-state index contributed by atoms with van der Waals surface area (Å²) in [7, 11) is 3.43. The zero-order valence-corrected chi connectivity index (χ0v) is 6.16. The first-order valence-corrected chi connectivity index (χ1v) is 2.94. The van der Waals surface area contributed by atoms with Crippen LogP contribution in [0.25, 0.3) is 0 Å². The van der Waals surface area contributed by atoms with Crippen LogP contribution in [0.2, 0.25) is 0 Å². The number of nitrogens with one attached hydrogen (secondary N) is 1. The van der Waals surface area contributed by atoms with Crippen LogP contribution in [0.3, 0.4) is 0 Å². The molecule has 0 aliphatic rings. The highest BCUT2D eigenvalue weighted by Crippen LogP contribution is 1.79. The van der Waals surface area contributed by atoms with Gasteiger partial charge in [-0.25, -0.2) is 10.4 Å². The average molecular weight is 147 g/mol. The second-order valence-electron chi connectivity index (χ2n) is 2.15. The first-order valence-electron chi connectivity index (χ1n) is 2.94. The second-order valence-corrected chi connectivity index (χ2v) is 2.15. The van der Waals surface area contributed by atoms with Crippen LogP contribution < -0.4 is 11.2 Å². The summed E-state index contributed by atoms with van der Waals surface area (Å²) in [6.07, 6.45) is 0. The number of carboxylic acid groups (broad SMARTS) is 1. The number of aliphatic carboxylic acids is 1. The Morgan fingerprint density at radius 3 is 2.40 bits per heavy atom. The summed E-state index contributed by atoms with van der Waals surface area (Å²) in [6.45, 7) is 0.0908. The Kier molecular flexibility index (Phi) is 3.94. The molecular weight excluding hydrogens is 134 g/mol. The van der Waals surface area contributed by atoms with E-state index in [1.165, 1.54) is 0 Å². The largest absolute Gasteiger partial charge is 0.480 e. The van der Waals surface area contributed by atoms with Gasteiger partial charge in [-0.2, -0.15) is 0 Å². The molecule has 0 radical (unpaired) electrons. The summed E-state index contributed by atoms with van der Waals surface area (Å²) in [6, 6.07) is -0.685. The van der Waals surface area contributed by atoms with Crippen LogP contribution >= 0.6 is 0 Å². The Hall–Kier alpha value is -0.650. The lowest BCUT2D eigenvalue weighted by molar-refractivity contribution is -0.140. The predicted molar refractivity (Wildman–Crippen MR) is 37.3 cm³/mol. The van der Waals surface area contributed by atoms with Crippen LogP contribution in [-0.2, 0) is 4.79 Å². The third-order valence-corrected chi connectivity index (χ3v) is 0.948. The number of nitrogens with two attached hydrogens (primary N) is 1. The van der Waals surface area contributed by atoms with Crippen LogP contribution in [0.5, 0.6) is 0 Å². The number of carboxylic acids is 1. The van der Waals surface area contributed by atoms with Crippen molar-refractivity contribution in [3.05, 3.63) is 0 Å². The van der Waals surface area contributed by atoms with Crippen LogP contribution in [0.1, 0.15) is 0 Å². The smallest absolute Gasteiger partial charge is 0.323 e. The first kappa shape index (κ1) is 9.35. The molecule has 0 heterocycles. The number of rotatable bonds is 4. The van der Waals surface area contributed by atoms with Crippen LogP contribution in [0, 0.1) is 0 Å². The van der Waals surface area contributed by atoms with Crippen molar-refractivity contribution < 1.29 is 9.90 Å². The standard InChI is InChI=1S/C5H13N3O2/c1-8(2)7-4(3-6)5(9)10/h4,7H,3,6H2,1-2H3,(H,9,10). The SMILES string of the molecule is CN(C)NC(CN)C(=O)O. The molecule has 60 valence electrons. The Labute approximate surface area is 59.8 Å². The van der Waals surface area contributed by atoms with Gasteiger partial charge in [0.2, 0.25) is 0 Å². The molecular formula is C5H13N3O2. The number of hydrogen-bond acceptors (Lipinski definition) is 4. The highest BCUT2D eigenvalue weighted by molar-refractivity contribution is 5.73. The molecule has 5 nitrogen and oxygen atoms in total. The van der Waals surface area contributed by atoms with E-state index in [1.54, 1.807) is 19.1 Å². The highest BCUT2D eigenvalue weighted by atomic mass is 16.4. The van der Waals surface area contributed by atoms with Crippen LogP contribution in [-0.4, -0.2) is 42.8 Å². The normalized spacial score (nSPS) is 13.6. The first-order chi connectivity index (χ1) is 4.57. The molecule has 0 rings (SSSR count). The summed E-state index contributed by atoms with van der Waals surface area (Å²) >= 11 is 0. The van der Waals surface area contributed by atoms with Crippen molar-refractivity contribution in [2.45, 2.75) is 6.04 Å². The lowest BCUT2D eigenvalue weighted by Gasteiger charge is -2.17. The number of hydrogen-bond donors (Lipinski definition) is 3. The fourth-order valence-electron chi connectivity index (χ4n) is 0.520. The van der Waals surface area contributed by atoms with E-state index in [9.17, 15) is 4.79 Å². The summed E-state index contributed by atoms with van der Waals surface area (Å²) in [5.74, 6) is -0.934. The molecule has 0 aliphatic heterocycles. The van der Waals surface area contributed by atoms with E-state index in [1.807, 2.05) is 0 Å². The molecule has 1 atom stereocenters. The molecule has 0 spiro atoms. The molecule has 0 aromatic rings. The molecule has 1 unspecified atom stereocenters. The van der Waals surface area contributed by atoms with E-state index in [-0.39, 0.29) is 6.54 Å². The van der Waals surface area contributed by atoms with Gasteiger partial charge >= 0.3 is 5.97 Å². The maximum Gasteiger partial charge on any atom is 0.323 e. The minimum Gasteiger partial charge on any atom is -0.480 e. The number of carbonyl (C=O) groups is 1. The van der Waals surface area contributed by atoms with Crippen molar-refractivity contribution in [1.82, 2.24) is 10.4 Å². The van der Waals surface area contributed by atoms with E-state index in [0.29, 0.717) is 0 Å². The maximum atomic E-state index is 10.3. The van der Waals surface area contributed by atoms with Gasteiger partial charge in [0.1, 0.15) is 6.04 Å². The minimum absolute atomic E-state index is 0.0908. The Morgan fingerprint density at radius 2 is 2.30 bits per heavy atom. The maximum absolute atomic E-state index is 10.3. The predicted octanol–water partition coefficient (Wildman–Crippen LogP) is -1.54. The van der Waals surface area contributed by atoms with Crippen molar-refractivity contribution in [3.63, 3.8) is 0 Å². The van der Waals surface area contributed by atoms with Crippen LogP contribution in [0.15, 0.2) is 0 Å². The van der Waals surface area contributed by atoms with Crippen molar-refractivity contribution in [1.29, 1.82) is 0 Å². The molecule has 0 aromatic heterocycles. The number of hydrazine groups is 1. The van der Waals surface area contributed by atoms with Gasteiger partial charge in [0.25, 0.3) is 0 Å². The minimum atomic E-state index is -0.934. The van der Waals surface area contributed by atoms with Crippen molar-refractivity contribution in [3.8, 4) is 0 Å². The quantitative estimate of drug-likeness (QED) is 0.420. The van der Waals surface area contributed by atoms with Crippen molar-refractivity contribution >= 4 is 5.97 Å². The molecule has 0 aliphatic carbocycles. The van der Waals surface area contributed by atoms with Crippen molar-refractivity contribution in [2.75, 3.05) is 20.6 Å². The van der Waals surface area contributed by atoms with Crippen LogP contribution in [0.4, 0.5) is 0 Å². The monoisotopic (exact) mass is 147 g/mol. The van der Waals surface area contributed by atoms with Gasteiger partial charge in [0, 0.05) is 20.6 Å². The summed E-state index contributed by atoms with van der Waals surface area (Å²) < 4.78 is 0. The van der Waals surface area contributed by atoms with E-state index in [2.05, 4.69) is 5.43 Å². The molecule has 0 saturated heterocycles. The van der Waals surface area contributed by atoms with Gasteiger partial charge in [0.05, 0.1) is 0 Å². The van der Waals surface area contributed by atoms with Gasteiger partial charge in [-0.15, -0.1) is 0 Å². The summed E-state index contributed by atoms with van der Waals surface area (Å²) in [5, 5.41) is 10.0. The molecule has 10 heavy (non-hydrogen) atoms.